The second-order valence-electron chi connectivity index (χ2n) is 4.25. The fourth-order valence-corrected chi connectivity index (χ4v) is 2.86. The van der Waals surface area contributed by atoms with Crippen LogP contribution in [0.3, 0.4) is 0 Å². The van der Waals surface area contributed by atoms with E-state index in [9.17, 15) is 8.42 Å². The highest BCUT2D eigenvalue weighted by Gasteiger charge is 2.21. The Labute approximate surface area is 118 Å². The molecule has 2 aromatic rings. The smallest absolute Gasteiger partial charge is 0.207 e. The third kappa shape index (κ3) is 3.12. The fraction of sp³-hybridized carbons (Fsp3) is 0.231. The molecule has 0 saturated carbocycles. The lowest BCUT2D eigenvalue weighted by atomic mass is 10.4. The van der Waals surface area contributed by atoms with Crippen LogP contribution in [0.1, 0.15) is 5.69 Å². The SMILES string of the molecule is C=CCn1ncc(CN(C)S(=O)(=O)c2ccccc2)n1. The minimum atomic E-state index is -3.50. The lowest BCUT2D eigenvalue weighted by Gasteiger charge is -2.15. The Hall–Kier alpha value is -1.99. The first-order chi connectivity index (χ1) is 9.54. The van der Waals surface area contributed by atoms with Gasteiger partial charge in [0.15, 0.2) is 0 Å². The number of rotatable bonds is 6. The van der Waals surface area contributed by atoms with Gasteiger partial charge in [-0.2, -0.15) is 19.3 Å². The van der Waals surface area contributed by atoms with Gasteiger partial charge in [-0.3, -0.25) is 0 Å². The van der Waals surface area contributed by atoms with E-state index in [4.69, 9.17) is 0 Å². The summed E-state index contributed by atoms with van der Waals surface area (Å²) in [7, 11) is -1.98. The van der Waals surface area contributed by atoms with Gasteiger partial charge < -0.3 is 0 Å². The Kier molecular flexibility index (Phi) is 4.31. The average molecular weight is 292 g/mol. The van der Waals surface area contributed by atoms with Gasteiger partial charge in [-0.1, -0.05) is 24.3 Å². The van der Waals surface area contributed by atoms with E-state index in [0.29, 0.717) is 12.2 Å². The minimum absolute atomic E-state index is 0.175. The predicted molar refractivity (Wildman–Crippen MR) is 75.3 cm³/mol. The molecule has 0 aliphatic rings. The molecule has 1 aromatic heterocycles. The van der Waals surface area contributed by atoms with Crippen LogP contribution < -0.4 is 0 Å². The molecule has 0 unspecified atom stereocenters. The zero-order valence-electron chi connectivity index (χ0n) is 11.2. The van der Waals surface area contributed by atoms with E-state index in [1.165, 1.54) is 16.1 Å². The van der Waals surface area contributed by atoms with E-state index in [1.807, 2.05) is 0 Å². The van der Waals surface area contributed by atoms with Gasteiger partial charge in [-0.05, 0) is 12.1 Å². The van der Waals surface area contributed by atoms with Crippen molar-refractivity contribution >= 4 is 10.0 Å². The normalized spacial score (nSPS) is 11.7. The topological polar surface area (TPSA) is 68.1 Å². The summed E-state index contributed by atoms with van der Waals surface area (Å²) in [4.78, 5) is 1.73. The number of sulfonamides is 1. The van der Waals surface area contributed by atoms with Crippen LogP contribution in [0.15, 0.2) is 54.1 Å². The van der Waals surface area contributed by atoms with Gasteiger partial charge in [-0.15, -0.1) is 6.58 Å². The summed E-state index contributed by atoms with van der Waals surface area (Å²) in [5.41, 5.74) is 0.592. The van der Waals surface area contributed by atoms with Crippen molar-refractivity contribution in [3.63, 3.8) is 0 Å². The van der Waals surface area contributed by atoms with Crippen molar-refractivity contribution < 1.29 is 8.42 Å². The monoisotopic (exact) mass is 292 g/mol. The van der Waals surface area contributed by atoms with Crippen molar-refractivity contribution in [1.29, 1.82) is 0 Å². The van der Waals surface area contributed by atoms with Gasteiger partial charge in [0.05, 0.1) is 29.9 Å². The molecule has 20 heavy (non-hydrogen) atoms. The van der Waals surface area contributed by atoms with Crippen LogP contribution in [0.5, 0.6) is 0 Å². The first kappa shape index (κ1) is 14.4. The molecule has 0 atom stereocenters. The Morgan fingerprint density at radius 3 is 2.70 bits per heavy atom. The molecule has 0 N–H and O–H groups in total. The summed E-state index contributed by atoms with van der Waals surface area (Å²) in [5, 5.41) is 8.20. The number of benzene rings is 1. The van der Waals surface area contributed by atoms with Gasteiger partial charge in [0.2, 0.25) is 10.0 Å². The fourth-order valence-electron chi connectivity index (χ4n) is 1.69. The molecule has 1 aromatic carbocycles. The van der Waals surface area contributed by atoms with Crippen molar-refractivity contribution in [3.8, 4) is 0 Å². The van der Waals surface area contributed by atoms with Crippen molar-refractivity contribution in [1.82, 2.24) is 19.3 Å². The summed E-state index contributed by atoms with van der Waals surface area (Å²) in [6.45, 7) is 4.27. The number of allylic oxidation sites excluding steroid dienone is 1. The predicted octanol–water partition coefficient (Wildman–Crippen LogP) is 1.28. The Bertz CT molecular complexity index is 679. The molecule has 0 bridgehead atoms. The van der Waals surface area contributed by atoms with Gasteiger partial charge >= 0.3 is 0 Å². The summed E-state index contributed by atoms with van der Waals surface area (Å²) in [6.07, 6.45) is 3.23. The Morgan fingerprint density at radius 2 is 2.05 bits per heavy atom. The maximum Gasteiger partial charge on any atom is 0.243 e. The van der Waals surface area contributed by atoms with Gasteiger partial charge in [0.1, 0.15) is 0 Å². The molecular weight excluding hydrogens is 276 g/mol. The molecule has 0 amide bonds. The van der Waals surface area contributed by atoms with Crippen LogP contribution in [0.25, 0.3) is 0 Å². The van der Waals surface area contributed by atoms with Crippen LogP contribution in [0.4, 0.5) is 0 Å². The molecule has 0 spiro atoms. The van der Waals surface area contributed by atoms with Crippen LogP contribution in [-0.4, -0.2) is 34.8 Å². The molecule has 2 rings (SSSR count). The molecule has 6 nitrogen and oxygen atoms in total. The second kappa shape index (κ2) is 5.98. The van der Waals surface area contributed by atoms with Crippen LogP contribution in [0, 0.1) is 0 Å². The third-order valence-electron chi connectivity index (χ3n) is 2.71. The highest BCUT2D eigenvalue weighted by molar-refractivity contribution is 7.89. The van der Waals surface area contributed by atoms with E-state index in [2.05, 4.69) is 16.8 Å². The van der Waals surface area contributed by atoms with Crippen molar-refractivity contribution in [2.75, 3.05) is 7.05 Å². The maximum atomic E-state index is 12.3. The summed E-state index contributed by atoms with van der Waals surface area (Å²) in [5.74, 6) is 0. The lowest BCUT2D eigenvalue weighted by Crippen LogP contribution is -2.26. The quantitative estimate of drug-likeness (QED) is 0.752. The molecule has 1 heterocycles. The maximum absolute atomic E-state index is 12.3. The molecule has 0 saturated heterocycles. The number of aromatic nitrogens is 3. The lowest BCUT2D eigenvalue weighted by molar-refractivity contribution is 0.458. The molecule has 0 aliphatic heterocycles. The van der Waals surface area contributed by atoms with E-state index >= 15 is 0 Å². The van der Waals surface area contributed by atoms with Crippen LogP contribution >= 0.6 is 0 Å². The van der Waals surface area contributed by atoms with Gasteiger partial charge in [0.25, 0.3) is 0 Å². The van der Waals surface area contributed by atoms with Crippen molar-refractivity contribution in [2.24, 2.45) is 0 Å². The second-order valence-corrected chi connectivity index (χ2v) is 6.30. The molecule has 7 heteroatoms. The summed E-state index contributed by atoms with van der Waals surface area (Å²) >= 11 is 0. The van der Waals surface area contributed by atoms with E-state index < -0.39 is 10.0 Å². The summed E-state index contributed by atoms with van der Waals surface area (Å²) < 4.78 is 25.9. The largest absolute Gasteiger partial charge is 0.243 e. The first-order valence-corrected chi connectivity index (χ1v) is 7.49. The zero-order chi connectivity index (χ0) is 14.6. The van der Waals surface area contributed by atoms with Gasteiger partial charge in [-0.25, -0.2) is 8.42 Å². The van der Waals surface area contributed by atoms with Crippen LogP contribution in [0.2, 0.25) is 0 Å². The molecule has 0 aliphatic carbocycles. The molecule has 0 radical (unpaired) electrons. The molecule has 0 fully saturated rings. The third-order valence-corrected chi connectivity index (χ3v) is 4.53. The Balaban J connectivity index is 2.14. The average Bonchev–Trinajstić information content (AvgIpc) is 2.87. The standard InChI is InChI=1S/C13H16N4O2S/c1-3-9-17-14-10-12(15-17)11-16(2)20(18,19)13-7-5-4-6-8-13/h3-8,10H,1,9,11H2,2H3. The highest BCUT2D eigenvalue weighted by Crippen LogP contribution is 2.15. The first-order valence-electron chi connectivity index (χ1n) is 6.05. The number of hydrogen-bond acceptors (Lipinski definition) is 4. The van der Waals surface area contributed by atoms with E-state index in [1.54, 1.807) is 42.6 Å². The number of nitrogens with zero attached hydrogens (tertiary/aromatic N) is 4. The Morgan fingerprint density at radius 1 is 1.35 bits per heavy atom. The highest BCUT2D eigenvalue weighted by atomic mass is 32.2. The molecule has 106 valence electrons. The minimum Gasteiger partial charge on any atom is -0.207 e. The van der Waals surface area contributed by atoms with Gasteiger partial charge in [0, 0.05) is 7.05 Å². The molecular formula is C13H16N4O2S. The van der Waals surface area contributed by atoms with Crippen molar-refractivity contribution in [3.05, 3.63) is 54.9 Å². The zero-order valence-corrected chi connectivity index (χ0v) is 12.0. The van der Waals surface area contributed by atoms with Crippen molar-refractivity contribution in [2.45, 2.75) is 18.0 Å². The number of hydrogen-bond donors (Lipinski definition) is 0. The summed E-state index contributed by atoms with van der Waals surface area (Å²) in [6, 6.07) is 8.31. The van der Waals surface area contributed by atoms with E-state index in [0.717, 1.165) is 0 Å². The van der Waals surface area contributed by atoms with E-state index in [-0.39, 0.29) is 11.4 Å². The van der Waals surface area contributed by atoms with Crippen LogP contribution in [-0.2, 0) is 23.1 Å².